The van der Waals surface area contributed by atoms with Crippen molar-refractivity contribution in [1.29, 1.82) is 0 Å². The van der Waals surface area contributed by atoms with E-state index in [0.717, 1.165) is 37.8 Å². The molecule has 1 aromatic rings. The monoisotopic (exact) mass is 363 g/mol. The Morgan fingerprint density at radius 3 is 0.880 bits per heavy atom. The van der Waals surface area contributed by atoms with E-state index in [1.54, 1.807) is 0 Å². The van der Waals surface area contributed by atoms with Gasteiger partial charge in [0, 0.05) is 0 Å². The van der Waals surface area contributed by atoms with Crippen molar-refractivity contribution in [3.8, 4) is 0 Å². The Morgan fingerprint density at radius 2 is 0.800 bits per heavy atom. The van der Waals surface area contributed by atoms with Crippen LogP contribution in [0.15, 0.2) is 18.2 Å². The van der Waals surface area contributed by atoms with Gasteiger partial charge in [-0.2, -0.15) is 0 Å². The van der Waals surface area contributed by atoms with E-state index in [2.05, 4.69) is 17.2 Å². The van der Waals surface area contributed by atoms with Gasteiger partial charge in [0.15, 0.2) is 0 Å². The molecule has 25 heavy (non-hydrogen) atoms. The molecule has 0 spiro atoms. The number of benzene rings is 1. The lowest BCUT2D eigenvalue weighted by Crippen LogP contribution is -2.48. The molecule has 0 saturated heterocycles. The van der Waals surface area contributed by atoms with Gasteiger partial charge in [0.1, 0.15) is 0 Å². The van der Waals surface area contributed by atoms with E-state index in [1.807, 2.05) is 20.8 Å². The van der Waals surface area contributed by atoms with E-state index in [1.165, 1.54) is 0 Å². The lowest BCUT2D eigenvalue weighted by Gasteiger charge is -2.11. The van der Waals surface area contributed by atoms with Gasteiger partial charge in [-0.25, -0.2) is 0 Å². The van der Waals surface area contributed by atoms with E-state index in [-0.39, 0.29) is 5.48 Å². The number of quaternary nitrogens is 3. The summed E-state index contributed by atoms with van der Waals surface area (Å²) in [4.78, 5) is 31.2. The second-order valence-corrected chi connectivity index (χ2v) is 4.16. The summed E-state index contributed by atoms with van der Waals surface area (Å²) in [6.45, 7) is 9.04. The average molecular weight is 363 g/mol. The molecule has 0 aliphatic rings. The highest BCUT2D eigenvalue weighted by molar-refractivity contribution is 5.97. The number of carboxylic acid groups (broad SMARTS) is 3. The summed E-state index contributed by atoms with van der Waals surface area (Å²) in [6.07, 6.45) is 0. The number of carbonyl (C=O) groups is 3. The number of hydrogen-bond acceptors (Lipinski definition) is 6. The molecule has 0 unspecified atom stereocenters. The number of carboxylic acids is 3. The van der Waals surface area contributed by atoms with Crippen LogP contribution in [0.25, 0.3) is 0 Å². The first-order valence-electron chi connectivity index (χ1n) is 7.33. The molecule has 1 aromatic carbocycles. The third kappa shape index (κ3) is 17.7. The molecule has 0 amide bonds. The van der Waals surface area contributed by atoms with Gasteiger partial charge < -0.3 is 52.4 Å². The number of carbonyl (C=O) groups excluding carboxylic acids is 3. The average Bonchev–Trinajstić information content (AvgIpc) is 2.49. The van der Waals surface area contributed by atoms with Crippen molar-refractivity contribution in [2.24, 2.45) is 0 Å². The maximum atomic E-state index is 10.4. The van der Waals surface area contributed by atoms with E-state index < -0.39 is 34.6 Å². The third-order valence-corrected chi connectivity index (χ3v) is 1.64. The highest BCUT2D eigenvalue weighted by atomic mass is 16.4. The minimum atomic E-state index is -1.68. The molecule has 10 nitrogen and oxygen atoms in total. The zero-order valence-corrected chi connectivity index (χ0v) is 14.9. The second-order valence-electron chi connectivity index (χ2n) is 4.16. The first-order valence-corrected chi connectivity index (χ1v) is 7.33. The van der Waals surface area contributed by atoms with Crippen molar-refractivity contribution >= 4 is 17.9 Å². The van der Waals surface area contributed by atoms with Crippen LogP contribution in [-0.4, -0.2) is 43.0 Å². The van der Waals surface area contributed by atoms with Crippen LogP contribution in [0, 0.1) is 0 Å². The minimum Gasteiger partial charge on any atom is -0.545 e. The molecule has 11 N–H and O–H groups in total. The Bertz CT molecular complexity index is 424. The molecule has 0 radical (unpaired) electrons. The summed E-state index contributed by atoms with van der Waals surface area (Å²) in [5.41, 5.74) is 8.78. The van der Waals surface area contributed by atoms with Crippen molar-refractivity contribution < 1.29 is 52.4 Å². The highest BCUT2D eigenvalue weighted by Crippen LogP contribution is 2.09. The summed E-state index contributed by atoms with van der Waals surface area (Å²) in [7, 11) is 0. The van der Waals surface area contributed by atoms with Crippen LogP contribution < -0.4 is 32.5 Å². The summed E-state index contributed by atoms with van der Waals surface area (Å²) in [5.74, 6) is -5.04. The van der Waals surface area contributed by atoms with E-state index in [9.17, 15) is 29.7 Å². The van der Waals surface area contributed by atoms with Crippen LogP contribution in [0.4, 0.5) is 0 Å². The maximum Gasteiger partial charge on any atom is 0.0715 e. The van der Waals surface area contributed by atoms with E-state index in [4.69, 9.17) is 0 Å². The van der Waals surface area contributed by atoms with E-state index >= 15 is 0 Å². The van der Waals surface area contributed by atoms with Crippen LogP contribution in [-0.2, 0) is 0 Å². The molecule has 1 rings (SSSR count). The Hall–Kier alpha value is -2.53. The van der Waals surface area contributed by atoms with Crippen molar-refractivity contribution in [2.45, 2.75) is 20.8 Å². The van der Waals surface area contributed by atoms with Crippen molar-refractivity contribution in [2.75, 3.05) is 19.6 Å². The van der Waals surface area contributed by atoms with Crippen LogP contribution in [0.1, 0.15) is 51.8 Å². The molecule has 0 aliphatic heterocycles. The fraction of sp³-hybridized carbons (Fsp3) is 0.400. The molecule has 10 heteroatoms. The fourth-order valence-electron chi connectivity index (χ4n) is 0.981. The van der Waals surface area contributed by atoms with Gasteiger partial charge in [0.2, 0.25) is 0 Å². The van der Waals surface area contributed by atoms with Crippen molar-refractivity contribution in [3.63, 3.8) is 0 Å². The standard InChI is InChI=1S/C9H6O6.3C2H7N.H2O/c10-7(11)4-1-5(8(12)13)3-6(2-4)9(14)15;3*1-2-3;/h1-3H,(H,10,11)(H,12,13)(H,14,15);3*2-3H2,1H3;1H2. The molecule has 0 heterocycles. The molecule has 0 atom stereocenters. The molecular formula is C15H29N3O7. The molecular weight excluding hydrogens is 334 g/mol. The quantitative estimate of drug-likeness (QED) is 0.471. The minimum absolute atomic E-state index is 0. The molecule has 0 fully saturated rings. The first kappa shape index (κ1) is 30.4. The van der Waals surface area contributed by atoms with Crippen LogP contribution in [0.2, 0.25) is 0 Å². The Balaban J connectivity index is -0.000000186. The van der Waals surface area contributed by atoms with Crippen LogP contribution in [0.5, 0.6) is 0 Å². The largest absolute Gasteiger partial charge is 0.545 e. The SMILES string of the molecule is CC[NH3+].CC[NH3+].CC[NH3+].O.O=C([O-])c1cc(C(=O)[O-])cc(C(=O)[O-])c1. The van der Waals surface area contributed by atoms with Crippen LogP contribution in [0.3, 0.4) is 0 Å². The van der Waals surface area contributed by atoms with Crippen molar-refractivity contribution in [3.05, 3.63) is 34.9 Å². The smallest absolute Gasteiger partial charge is 0.0715 e. The molecule has 146 valence electrons. The summed E-state index contributed by atoms with van der Waals surface area (Å²) in [5, 5.41) is 31.2. The van der Waals surface area contributed by atoms with E-state index in [0.29, 0.717) is 0 Å². The fourth-order valence-corrected chi connectivity index (χ4v) is 0.981. The molecule has 0 aromatic heterocycles. The summed E-state index contributed by atoms with van der Waals surface area (Å²) >= 11 is 0. The van der Waals surface area contributed by atoms with Gasteiger partial charge in [-0.15, -0.1) is 0 Å². The third-order valence-electron chi connectivity index (χ3n) is 1.64. The van der Waals surface area contributed by atoms with Gasteiger partial charge in [0.05, 0.1) is 37.5 Å². The normalized spacial score (nSPS) is 7.92. The zero-order valence-electron chi connectivity index (χ0n) is 14.9. The van der Waals surface area contributed by atoms with Gasteiger partial charge in [-0.05, 0) is 55.7 Å². The lowest BCUT2D eigenvalue weighted by atomic mass is 10.1. The number of hydrogen-bond donors (Lipinski definition) is 3. The van der Waals surface area contributed by atoms with Crippen LogP contribution >= 0.6 is 0 Å². The summed E-state index contributed by atoms with van der Waals surface area (Å²) in [6, 6.07) is 2.24. The number of aromatic carboxylic acids is 3. The van der Waals surface area contributed by atoms with Gasteiger partial charge in [-0.3, -0.25) is 0 Å². The predicted octanol–water partition coefficient (Wildman–Crippen LogP) is -6.30. The molecule has 0 saturated carbocycles. The second kappa shape index (κ2) is 19.5. The Labute approximate surface area is 146 Å². The number of rotatable bonds is 3. The summed E-state index contributed by atoms with van der Waals surface area (Å²) < 4.78 is 0. The lowest BCUT2D eigenvalue weighted by molar-refractivity contribution is -0.362. The maximum absolute atomic E-state index is 10.4. The first-order chi connectivity index (χ1) is 11.2. The highest BCUT2D eigenvalue weighted by Gasteiger charge is 2.03. The van der Waals surface area contributed by atoms with Gasteiger partial charge in [0.25, 0.3) is 0 Å². The Kier molecular flexibility index (Phi) is 23.7. The Morgan fingerprint density at radius 1 is 0.680 bits per heavy atom. The predicted molar refractivity (Wildman–Crippen MR) is 83.3 cm³/mol. The van der Waals surface area contributed by atoms with Gasteiger partial charge >= 0.3 is 0 Å². The molecule has 0 aliphatic carbocycles. The van der Waals surface area contributed by atoms with Crippen molar-refractivity contribution in [1.82, 2.24) is 0 Å². The molecule has 0 bridgehead atoms. The topological polar surface area (TPSA) is 235 Å². The van der Waals surface area contributed by atoms with Gasteiger partial charge in [-0.1, -0.05) is 0 Å². The zero-order chi connectivity index (χ0) is 19.7.